The second-order valence-corrected chi connectivity index (χ2v) is 3.39. The van der Waals surface area contributed by atoms with E-state index in [1.807, 2.05) is 6.92 Å². The Balaban J connectivity index is 2.39. The summed E-state index contributed by atoms with van der Waals surface area (Å²) in [4.78, 5) is 16.1. The molecule has 1 aliphatic rings. The highest BCUT2D eigenvalue weighted by atomic mass is 19.3. The van der Waals surface area contributed by atoms with Crippen molar-refractivity contribution in [3.63, 3.8) is 0 Å². The zero-order valence-corrected chi connectivity index (χ0v) is 7.75. The quantitative estimate of drug-likeness (QED) is 0.658. The van der Waals surface area contributed by atoms with Crippen LogP contribution in [0.15, 0.2) is 12.3 Å². The lowest BCUT2D eigenvalue weighted by atomic mass is 9.97. The molecule has 0 saturated carbocycles. The predicted octanol–water partition coefficient (Wildman–Crippen LogP) is 1.66. The summed E-state index contributed by atoms with van der Waals surface area (Å²) in [7, 11) is 0. The number of rotatable bonds is 2. The first-order chi connectivity index (χ1) is 6.15. The highest BCUT2D eigenvalue weighted by Crippen LogP contribution is 2.20. The van der Waals surface area contributed by atoms with Crippen molar-refractivity contribution < 1.29 is 14.3 Å². The maximum atomic E-state index is 11.5. The fourth-order valence-corrected chi connectivity index (χ4v) is 1.56. The zero-order valence-electron chi connectivity index (χ0n) is 7.75. The topological polar surface area (TPSA) is 29.5 Å². The van der Waals surface area contributed by atoms with Crippen LogP contribution in [0.25, 0.3) is 0 Å². The van der Waals surface area contributed by atoms with Gasteiger partial charge in [0.15, 0.2) is 0 Å². The summed E-state index contributed by atoms with van der Waals surface area (Å²) >= 11 is 0. The number of carbonyl (C=O) groups excluding carboxylic acids is 1. The zero-order chi connectivity index (χ0) is 9.84. The van der Waals surface area contributed by atoms with Crippen LogP contribution in [0.3, 0.4) is 0 Å². The largest absolute Gasteiger partial charge is 0.375 e. The van der Waals surface area contributed by atoms with Crippen molar-refractivity contribution in [3.05, 3.63) is 12.3 Å². The molecule has 0 aromatic rings. The van der Waals surface area contributed by atoms with Crippen LogP contribution in [0.5, 0.6) is 0 Å². The van der Waals surface area contributed by atoms with Gasteiger partial charge in [-0.25, -0.2) is 4.79 Å². The van der Waals surface area contributed by atoms with E-state index in [0.717, 1.165) is 18.8 Å². The number of hydrogen-bond acceptors (Lipinski definition) is 3. The summed E-state index contributed by atoms with van der Waals surface area (Å²) in [5.41, 5.74) is 0.993. The Morgan fingerprint density at radius 3 is 2.46 bits per heavy atom. The van der Waals surface area contributed by atoms with Crippen molar-refractivity contribution in [1.82, 2.24) is 4.90 Å². The van der Waals surface area contributed by atoms with E-state index in [2.05, 4.69) is 16.4 Å². The van der Waals surface area contributed by atoms with Gasteiger partial charge in [-0.05, 0) is 19.8 Å². The molecule has 0 aromatic carbocycles. The Morgan fingerprint density at radius 2 is 2.08 bits per heavy atom. The molecule has 1 rings (SSSR count). The normalized spacial score (nSPS) is 18.5. The van der Waals surface area contributed by atoms with Crippen molar-refractivity contribution in [3.8, 4) is 0 Å². The smallest absolute Gasteiger partial charge is 0.351 e. The molecule has 0 spiro atoms. The molecule has 0 unspecified atom stereocenters. The monoisotopic (exact) mass is 187 g/mol. The van der Waals surface area contributed by atoms with Gasteiger partial charge in [0.2, 0.25) is 0 Å². The van der Waals surface area contributed by atoms with Crippen LogP contribution in [0.1, 0.15) is 19.8 Å². The van der Waals surface area contributed by atoms with Crippen LogP contribution in [-0.2, 0) is 9.74 Å². The van der Waals surface area contributed by atoms with Gasteiger partial charge in [0.25, 0.3) is 0 Å². The number of piperidine rings is 1. The van der Waals surface area contributed by atoms with Crippen molar-refractivity contribution in [1.29, 1.82) is 0 Å². The van der Waals surface area contributed by atoms with Gasteiger partial charge in [-0.3, -0.25) is 4.94 Å². The summed E-state index contributed by atoms with van der Waals surface area (Å²) in [6.07, 6.45) is 1.30. The molecule has 0 bridgehead atoms. The van der Waals surface area contributed by atoms with Crippen LogP contribution in [-0.4, -0.2) is 24.0 Å². The lowest BCUT2D eigenvalue weighted by Gasteiger charge is -2.31. The van der Waals surface area contributed by atoms with E-state index < -0.39 is 5.97 Å². The molecule has 4 heteroatoms. The van der Waals surface area contributed by atoms with Crippen LogP contribution < -0.4 is 0 Å². The molecule has 1 fully saturated rings. The lowest BCUT2D eigenvalue weighted by molar-refractivity contribution is -0.190. The standard InChI is InChI=1S/C9H14FNO2/c1-7(2)11-5-3-8(4-6-11)9(12)13-10/h8H,1,3-6H2,2H3. The molecule has 0 amide bonds. The van der Waals surface area contributed by atoms with Gasteiger partial charge in [-0.1, -0.05) is 6.58 Å². The maximum absolute atomic E-state index is 11.5. The van der Waals surface area contributed by atoms with Crippen LogP contribution >= 0.6 is 0 Å². The van der Waals surface area contributed by atoms with Crippen LogP contribution in [0, 0.1) is 5.92 Å². The molecule has 1 saturated heterocycles. The summed E-state index contributed by atoms with van der Waals surface area (Å²) in [5, 5.41) is 0. The van der Waals surface area contributed by atoms with Gasteiger partial charge in [-0.15, -0.1) is 0 Å². The van der Waals surface area contributed by atoms with E-state index in [0.29, 0.717) is 12.8 Å². The van der Waals surface area contributed by atoms with Crippen molar-refractivity contribution in [2.24, 2.45) is 5.92 Å². The van der Waals surface area contributed by atoms with Gasteiger partial charge in [-0.2, -0.15) is 0 Å². The number of likely N-dealkylation sites (tertiary alicyclic amines) is 1. The fraction of sp³-hybridized carbons (Fsp3) is 0.667. The first kappa shape index (κ1) is 10.0. The summed E-state index contributed by atoms with van der Waals surface area (Å²) in [5.74, 6) is -1.01. The molecule has 0 atom stereocenters. The Bertz CT molecular complexity index is 210. The minimum atomic E-state index is -0.735. The average molecular weight is 187 g/mol. The molecule has 3 nitrogen and oxygen atoms in total. The molecule has 0 aromatic heterocycles. The van der Waals surface area contributed by atoms with E-state index in [1.54, 1.807) is 0 Å². The SMILES string of the molecule is C=C(C)N1CCC(C(=O)OF)CC1. The number of hydrogen-bond donors (Lipinski definition) is 0. The summed E-state index contributed by atoms with van der Waals surface area (Å²) < 4.78 is 11.5. The van der Waals surface area contributed by atoms with Crippen molar-refractivity contribution >= 4 is 5.97 Å². The Hall–Kier alpha value is -1.06. The number of nitrogens with zero attached hydrogens (tertiary/aromatic N) is 1. The third-order valence-electron chi connectivity index (χ3n) is 2.44. The number of halogens is 1. The van der Waals surface area contributed by atoms with E-state index in [1.165, 1.54) is 0 Å². The molecular formula is C9H14FNO2. The second kappa shape index (κ2) is 4.25. The van der Waals surface area contributed by atoms with Gasteiger partial charge >= 0.3 is 5.97 Å². The Labute approximate surface area is 77.1 Å². The molecule has 0 radical (unpaired) electrons. The van der Waals surface area contributed by atoms with E-state index in [9.17, 15) is 9.32 Å². The third kappa shape index (κ3) is 2.44. The molecular weight excluding hydrogens is 173 g/mol. The van der Waals surface area contributed by atoms with Gasteiger partial charge in [0.05, 0.1) is 5.92 Å². The van der Waals surface area contributed by atoms with Gasteiger partial charge in [0, 0.05) is 23.3 Å². The summed E-state index contributed by atoms with van der Waals surface area (Å²) in [6, 6.07) is 0. The number of allylic oxidation sites excluding steroid dienone is 1. The maximum Gasteiger partial charge on any atom is 0.351 e. The molecule has 1 heterocycles. The third-order valence-corrected chi connectivity index (χ3v) is 2.44. The van der Waals surface area contributed by atoms with Crippen LogP contribution in [0.4, 0.5) is 4.53 Å². The van der Waals surface area contributed by atoms with Crippen molar-refractivity contribution in [2.75, 3.05) is 13.1 Å². The van der Waals surface area contributed by atoms with E-state index in [4.69, 9.17) is 0 Å². The second-order valence-electron chi connectivity index (χ2n) is 3.39. The van der Waals surface area contributed by atoms with Crippen LogP contribution in [0.2, 0.25) is 0 Å². The average Bonchev–Trinajstić information content (AvgIpc) is 2.17. The Morgan fingerprint density at radius 1 is 1.54 bits per heavy atom. The first-order valence-corrected chi connectivity index (χ1v) is 4.38. The molecule has 13 heavy (non-hydrogen) atoms. The minimum Gasteiger partial charge on any atom is -0.375 e. The molecule has 0 aliphatic carbocycles. The summed E-state index contributed by atoms with van der Waals surface area (Å²) in [6.45, 7) is 7.25. The van der Waals surface area contributed by atoms with E-state index in [-0.39, 0.29) is 5.92 Å². The first-order valence-electron chi connectivity index (χ1n) is 4.38. The lowest BCUT2D eigenvalue weighted by Crippen LogP contribution is -2.35. The minimum absolute atomic E-state index is 0.277. The van der Waals surface area contributed by atoms with E-state index >= 15 is 0 Å². The number of carbonyl (C=O) groups is 1. The molecule has 0 N–H and O–H groups in total. The van der Waals surface area contributed by atoms with Gasteiger partial charge < -0.3 is 4.90 Å². The highest BCUT2D eigenvalue weighted by molar-refractivity contribution is 5.71. The fourth-order valence-electron chi connectivity index (χ4n) is 1.56. The Kier molecular flexibility index (Phi) is 3.28. The molecule has 1 aliphatic heterocycles. The highest BCUT2D eigenvalue weighted by Gasteiger charge is 2.26. The predicted molar refractivity (Wildman–Crippen MR) is 46.3 cm³/mol. The molecule has 74 valence electrons. The van der Waals surface area contributed by atoms with Gasteiger partial charge in [0.1, 0.15) is 0 Å². The van der Waals surface area contributed by atoms with Crippen molar-refractivity contribution in [2.45, 2.75) is 19.8 Å².